The number of benzene rings is 2. The van der Waals surface area contributed by atoms with E-state index in [9.17, 15) is 4.79 Å². The fourth-order valence-electron chi connectivity index (χ4n) is 4.18. The Morgan fingerprint density at radius 3 is 2.21 bits per heavy atom. The molecule has 3 rings (SSSR count). The van der Waals surface area contributed by atoms with Crippen molar-refractivity contribution in [3.63, 3.8) is 0 Å². The first kappa shape index (κ1) is 26.2. The first-order valence-electron chi connectivity index (χ1n) is 12.4. The Kier molecular flexibility index (Phi) is 8.42. The van der Waals surface area contributed by atoms with E-state index < -0.39 is 8.32 Å². The number of methoxy groups -OCH3 is 1. The van der Waals surface area contributed by atoms with Gasteiger partial charge in [-0.3, -0.25) is 4.79 Å². The molecule has 5 heteroatoms. The zero-order valence-electron chi connectivity index (χ0n) is 21.9. The molecule has 184 valence electrons. The molecule has 3 atom stereocenters. The van der Waals surface area contributed by atoms with Crippen molar-refractivity contribution in [1.29, 1.82) is 0 Å². The topological polar surface area (TPSA) is 38.8 Å². The predicted molar refractivity (Wildman–Crippen MR) is 142 cm³/mol. The van der Waals surface area contributed by atoms with Gasteiger partial charge in [0.25, 0.3) is 0 Å². The molecular formula is C29H41NO3Si. The lowest BCUT2D eigenvalue weighted by atomic mass is 9.90. The molecule has 34 heavy (non-hydrogen) atoms. The van der Waals surface area contributed by atoms with Gasteiger partial charge in [-0.2, -0.15) is 0 Å². The summed E-state index contributed by atoms with van der Waals surface area (Å²) in [6, 6.07) is 18.1. The van der Waals surface area contributed by atoms with Gasteiger partial charge in [0.05, 0.1) is 19.3 Å². The molecule has 0 fully saturated rings. The van der Waals surface area contributed by atoms with E-state index in [2.05, 4.69) is 77.2 Å². The van der Waals surface area contributed by atoms with Crippen molar-refractivity contribution < 1.29 is 14.0 Å². The Bertz CT molecular complexity index is 963. The van der Waals surface area contributed by atoms with Crippen LogP contribution in [-0.4, -0.2) is 32.3 Å². The van der Waals surface area contributed by atoms with Gasteiger partial charge in [0.1, 0.15) is 5.75 Å². The Morgan fingerprint density at radius 1 is 1.00 bits per heavy atom. The van der Waals surface area contributed by atoms with Crippen molar-refractivity contribution in [1.82, 2.24) is 4.90 Å². The van der Waals surface area contributed by atoms with Gasteiger partial charge in [-0.15, -0.1) is 0 Å². The molecule has 0 aromatic heterocycles. The molecule has 0 bridgehead atoms. The predicted octanol–water partition coefficient (Wildman–Crippen LogP) is 7.14. The van der Waals surface area contributed by atoms with Crippen LogP contribution in [0, 0.1) is 5.92 Å². The lowest BCUT2D eigenvalue weighted by Gasteiger charge is -2.42. The zero-order valence-corrected chi connectivity index (χ0v) is 22.9. The summed E-state index contributed by atoms with van der Waals surface area (Å²) in [6.07, 6.45) is 5.74. The lowest BCUT2D eigenvalue weighted by molar-refractivity contribution is -0.135. The van der Waals surface area contributed by atoms with Crippen LogP contribution < -0.4 is 4.74 Å². The van der Waals surface area contributed by atoms with Gasteiger partial charge < -0.3 is 14.1 Å². The summed E-state index contributed by atoms with van der Waals surface area (Å²) in [4.78, 5) is 15.8. The van der Waals surface area contributed by atoms with E-state index in [1.165, 1.54) is 0 Å². The first-order chi connectivity index (χ1) is 16.1. The largest absolute Gasteiger partial charge is 0.497 e. The SMILES string of the molecule is CC[C@@H]1CC(=O)N(Cc2ccccc2)[C@@H](c2ccc(OC)cc2)/C=C\[C@H]1O[Si](C)(C)C(C)(C)C. The Labute approximate surface area is 207 Å². The average molecular weight is 480 g/mol. The van der Waals surface area contributed by atoms with Gasteiger partial charge in [0, 0.05) is 13.0 Å². The van der Waals surface area contributed by atoms with Gasteiger partial charge in [0.15, 0.2) is 8.32 Å². The second-order valence-corrected chi connectivity index (χ2v) is 15.6. The van der Waals surface area contributed by atoms with E-state index in [-0.39, 0.29) is 29.0 Å². The number of hydrogen-bond acceptors (Lipinski definition) is 3. The maximum Gasteiger partial charge on any atom is 0.224 e. The second kappa shape index (κ2) is 10.9. The average Bonchev–Trinajstić information content (AvgIpc) is 2.80. The number of carbonyl (C=O) groups is 1. The van der Waals surface area contributed by atoms with Crippen molar-refractivity contribution in [2.24, 2.45) is 5.92 Å². The highest BCUT2D eigenvalue weighted by Gasteiger charge is 2.41. The Hall–Kier alpha value is -2.37. The molecule has 4 nitrogen and oxygen atoms in total. The number of amides is 1. The summed E-state index contributed by atoms with van der Waals surface area (Å²) in [5.41, 5.74) is 2.20. The van der Waals surface area contributed by atoms with Crippen LogP contribution >= 0.6 is 0 Å². The molecule has 0 radical (unpaired) electrons. The molecule has 1 aliphatic rings. The third-order valence-electron chi connectivity index (χ3n) is 7.45. The molecule has 0 N–H and O–H groups in total. The molecule has 1 amide bonds. The summed E-state index contributed by atoms with van der Waals surface area (Å²) in [7, 11) is -0.325. The van der Waals surface area contributed by atoms with Crippen molar-refractivity contribution in [2.45, 2.75) is 77.4 Å². The van der Waals surface area contributed by atoms with E-state index in [0.29, 0.717) is 13.0 Å². The monoisotopic (exact) mass is 479 g/mol. The van der Waals surface area contributed by atoms with Gasteiger partial charge in [0.2, 0.25) is 5.91 Å². The highest BCUT2D eigenvalue weighted by atomic mass is 28.4. The zero-order chi connectivity index (χ0) is 24.9. The van der Waals surface area contributed by atoms with Crippen LogP contribution in [-0.2, 0) is 15.8 Å². The third kappa shape index (κ3) is 6.19. The molecule has 0 unspecified atom stereocenters. The normalized spacial score (nSPS) is 22.7. The van der Waals surface area contributed by atoms with E-state index in [1.54, 1.807) is 7.11 Å². The van der Waals surface area contributed by atoms with E-state index in [0.717, 1.165) is 23.3 Å². The van der Waals surface area contributed by atoms with Gasteiger partial charge in [-0.05, 0) is 47.3 Å². The second-order valence-electron chi connectivity index (χ2n) is 10.8. The summed E-state index contributed by atoms with van der Waals surface area (Å²) in [6.45, 7) is 14.1. The quantitative estimate of drug-likeness (QED) is 0.313. The Morgan fingerprint density at radius 2 is 1.65 bits per heavy atom. The van der Waals surface area contributed by atoms with E-state index >= 15 is 0 Å². The third-order valence-corrected chi connectivity index (χ3v) is 11.9. The van der Waals surface area contributed by atoms with Crippen LogP contribution in [0.3, 0.4) is 0 Å². The maximum atomic E-state index is 13.8. The number of hydrogen-bond donors (Lipinski definition) is 0. The number of nitrogens with zero attached hydrogens (tertiary/aromatic N) is 1. The lowest BCUT2D eigenvalue weighted by Crippen LogP contribution is -2.47. The molecule has 0 saturated carbocycles. The Balaban J connectivity index is 2.02. The van der Waals surface area contributed by atoms with Crippen LogP contribution in [0.15, 0.2) is 66.7 Å². The van der Waals surface area contributed by atoms with Crippen LogP contribution in [0.25, 0.3) is 0 Å². The maximum absolute atomic E-state index is 13.8. The van der Waals surface area contributed by atoms with Crippen LogP contribution in [0.5, 0.6) is 5.75 Å². The molecule has 2 aromatic carbocycles. The molecular weight excluding hydrogens is 438 g/mol. The van der Waals surface area contributed by atoms with E-state index in [1.807, 2.05) is 35.2 Å². The number of ether oxygens (including phenoxy) is 1. The molecule has 0 saturated heterocycles. The summed E-state index contributed by atoms with van der Waals surface area (Å²) >= 11 is 0. The van der Waals surface area contributed by atoms with Crippen molar-refractivity contribution >= 4 is 14.2 Å². The van der Waals surface area contributed by atoms with Crippen LogP contribution in [0.4, 0.5) is 0 Å². The van der Waals surface area contributed by atoms with Crippen LogP contribution in [0.1, 0.15) is 57.7 Å². The van der Waals surface area contributed by atoms with E-state index in [4.69, 9.17) is 9.16 Å². The number of carbonyl (C=O) groups excluding carboxylic acids is 1. The highest BCUT2D eigenvalue weighted by Crippen LogP contribution is 2.40. The molecule has 2 aromatic rings. The minimum Gasteiger partial charge on any atom is -0.497 e. The molecule has 1 aliphatic heterocycles. The fraction of sp³-hybridized carbons (Fsp3) is 0.483. The summed E-state index contributed by atoms with van der Waals surface area (Å²) < 4.78 is 12.2. The molecule has 0 spiro atoms. The van der Waals surface area contributed by atoms with Gasteiger partial charge in [-0.1, -0.05) is 88.7 Å². The minimum absolute atomic E-state index is 0.0607. The molecule has 0 aliphatic carbocycles. The van der Waals surface area contributed by atoms with Gasteiger partial charge in [-0.25, -0.2) is 0 Å². The summed E-state index contributed by atoms with van der Waals surface area (Å²) in [5.74, 6) is 1.14. The minimum atomic E-state index is -2.00. The van der Waals surface area contributed by atoms with Crippen LogP contribution in [0.2, 0.25) is 18.1 Å². The van der Waals surface area contributed by atoms with Crippen molar-refractivity contribution in [3.05, 3.63) is 77.9 Å². The fourth-order valence-corrected chi connectivity index (χ4v) is 5.48. The van der Waals surface area contributed by atoms with Gasteiger partial charge >= 0.3 is 0 Å². The standard InChI is InChI=1S/C29H41NO3Si/c1-8-23-20-28(31)30(21-22-12-10-9-11-13-22)26(24-14-16-25(32-5)17-15-24)18-19-27(23)33-34(6,7)29(2,3)4/h9-19,23,26-27H,8,20-21H2,1-7H3/b19-18-/t23-,26-,27-/m1/s1. The summed E-state index contributed by atoms with van der Waals surface area (Å²) in [5, 5.41) is 0.111. The molecule has 1 heterocycles. The number of rotatable bonds is 7. The highest BCUT2D eigenvalue weighted by molar-refractivity contribution is 6.74. The first-order valence-corrected chi connectivity index (χ1v) is 15.3. The smallest absolute Gasteiger partial charge is 0.224 e. The van der Waals surface area contributed by atoms with Crippen molar-refractivity contribution in [3.8, 4) is 5.75 Å². The van der Waals surface area contributed by atoms with Crippen molar-refractivity contribution in [2.75, 3.05) is 7.11 Å².